The molecule has 6 nitrogen and oxygen atoms in total. The maximum atomic E-state index is 11.3. The summed E-state index contributed by atoms with van der Waals surface area (Å²) in [4.78, 5) is 13.6. The summed E-state index contributed by atoms with van der Waals surface area (Å²) < 4.78 is 4.59. The van der Waals surface area contributed by atoms with Crippen LogP contribution in [0.4, 0.5) is 10.6 Å². The second kappa shape index (κ2) is 6.84. The average Bonchev–Trinajstić information content (AvgIpc) is 2.77. The lowest BCUT2D eigenvalue weighted by atomic mass is 10.4. The van der Waals surface area contributed by atoms with Crippen molar-refractivity contribution in [2.45, 2.75) is 13.8 Å². The van der Waals surface area contributed by atoms with Gasteiger partial charge in [-0.2, -0.15) is 0 Å². The number of rotatable bonds is 6. The lowest BCUT2D eigenvalue weighted by Crippen LogP contribution is -2.36. The Kier molecular flexibility index (Phi) is 5.35. The molecule has 0 radical (unpaired) electrons. The summed E-state index contributed by atoms with van der Waals surface area (Å²) in [7, 11) is 0. The molecule has 0 aliphatic heterocycles. The van der Waals surface area contributed by atoms with Crippen LogP contribution in [-0.4, -0.2) is 42.3 Å². The second-order valence-electron chi connectivity index (χ2n) is 3.29. The van der Waals surface area contributed by atoms with E-state index >= 15 is 0 Å². The molecule has 0 aromatic carbocycles. The van der Waals surface area contributed by atoms with Crippen LogP contribution in [0.2, 0.25) is 0 Å². The number of amides is 2. The van der Waals surface area contributed by atoms with Gasteiger partial charge in [0.05, 0.1) is 0 Å². The van der Waals surface area contributed by atoms with Gasteiger partial charge in [-0.3, -0.25) is 5.32 Å². The van der Waals surface area contributed by atoms with E-state index in [0.717, 1.165) is 19.6 Å². The Morgan fingerprint density at radius 2 is 2.25 bits per heavy atom. The summed E-state index contributed by atoms with van der Waals surface area (Å²) in [5, 5.41) is 8.88. The number of anilines is 1. The van der Waals surface area contributed by atoms with Gasteiger partial charge in [0.25, 0.3) is 0 Å². The third-order valence-electron chi connectivity index (χ3n) is 2.29. The van der Waals surface area contributed by atoms with Crippen LogP contribution in [-0.2, 0) is 0 Å². The van der Waals surface area contributed by atoms with E-state index < -0.39 is 0 Å². The summed E-state index contributed by atoms with van der Waals surface area (Å²) in [6, 6.07) is 1.32. The third kappa shape index (κ3) is 4.31. The Hall–Kier alpha value is -1.56. The highest BCUT2D eigenvalue weighted by molar-refractivity contribution is 5.87. The van der Waals surface area contributed by atoms with Crippen molar-refractivity contribution in [1.82, 2.24) is 15.4 Å². The first-order valence-corrected chi connectivity index (χ1v) is 5.43. The van der Waals surface area contributed by atoms with Gasteiger partial charge in [-0.15, -0.1) is 0 Å². The summed E-state index contributed by atoms with van der Waals surface area (Å²) in [5.41, 5.74) is 0. The first-order chi connectivity index (χ1) is 7.76. The van der Waals surface area contributed by atoms with Crippen molar-refractivity contribution in [2.24, 2.45) is 0 Å². The normalized spacial score (nSPS) is 10.4. The van der Waals surface area contributed by atoms with Crippen LogP contribution in [0.1, 0.15) is 13.8 Å². The van der Waals surface area contributed by atoms with E-state index in [4.69, 9.17) is 0 Å². The molecule has 16 heavy (non-hydrogen) atoms. The smallest absolute Gasteiger partial charge is 0.320 e. The Balaban J connectivity index is 2.15. The first-order valence-electron chi connectivity index (χ1n) is 5.43. The van der Waals surface area contributed by atoms with Gasteiger partial charge in [-0.05, 0) is 13.1 Å². The Labute approximate surface area is 95.0 Å². The van der Waals surface area contributed by atoms with E-state index in [1.807, 2.05) is 0 Å². The van der Waals surface area contributed by atoms with E-state index in [-0.39, 0.29) is 6.03 Å². The fourth-order valence-corrected chi connectivity index (χ4v) is 1.30. The predicted octanol–water partition coefficient (Wildman–Crippen LogP) is 1.14. The molecule has 2 amide bonds. The Morgan fingerprint density at radius 1 is 1.50 bits per heavy atom. The molecule has 1 aromatic rings. The van der Waals surface area contributed by atoms with Crippen molar-refractivity contribution in [1.29, 1.82) is 0 Å². The molecule has 2 N–H and O–H groups in total. The van der Waals surface area contributed by atoms with Gasteiger partial charge in [-0.1, -0.05) is 19.0 Å². The topological polar surface area (TPSA) is 70.4 Å². The maximum absolute atomic E-state index is 11.3. The zero-order chi connectivity index (χ0) is 11.8. The average molecular weight is 226 g/mol. The number of nitrogens with one attached hydrogen (secondary N) is 2. The van der Waals surface area contributed by atoms with Crippen LogP contribution in [0.3, 0.4) is 0 Å². The monoisotopic (exact) mass is 226 g/mol. The lowest BCUT2D eigenvalue weighted by Gasteiger charge is -2.17. The number of nitrogens with zero attached hydrogens (tertiary/aromatic N) is 2. The number of hydrogen-bond acceptors (Lipinski definition) is 4. The van der Waals surface area contributed by atoms with Crippen LogP contribution < -0.4 is 10.6 Å². The molecular weight excluding hydrogens is 208 g/mol. The molecule has 0 atom stereocenters. The van der Waals surface area contributed by atoms with Gasteiger partial charge < -0.3 is 14.7 Å². The molecular formula is C10H18N4O2. The minimum Gasteiger partial charge on any atom is -0.363 e. The van der Waals surface area contributed by atoms with Gasteiger partial charge in [-0.25, -0.2) is 4.79 Å². The molecule has 0 saturated heterocycles. The SMILES string of the molecule is CCN(CC)CCNC(=O)Nc1ccon1. The Morgan fingerprint density at radius 3 is 2.81 bits per heavy atom. The quantitative estimate of drug-likeness (QED) is 0.763. The van der Waals surface area contributed by atoms with Crippen LogP contribution >= 0.6 is 0 Å². The highest BCUT2D eigenvalue weighted by atomic mass is 16.5. The minimum absolute atomic E-state index is 0.263. The van der Waals surface area contributed by atoms with Crippen molar-refractivity contribution in [3.63, 3.8) is 0 Å². The van der Waals surface area contributed by atoms with E-state index in [1.54, 1.807) is 6.07 Å². The number of aromatic nitrogens is 1. The molecule has 0 aliphatic carbocycles. The van der Waals surface area contributed by atoms with Crippen molar-refractivity contribution in [2.75, 3.05) is 31.5 Å². The van der Waals surface area contributed by atoms with Crippen LogP contribution in [0.15, 0.2) is 16.9 Å². The molecule has 0 fully saturated rings. The molecule has 0 saturated carbocycles. The molecule has 0 bridgehead atoms. The molecule has 1 heterocycles. The third-order valence-corrected chi connectivity index (χ3v) is 2.29. The Bertz CT molecular complexity index is 296. The summed E-state index contributed by atoms with van der Waals surface area (Å²) in [6.07, 6.45) is 1.41. The van der Waals surface area contributed by atoms with Crippen molar-refractivity contribution < 1.29 is 9.32 Å². The number of urea groups is 1. The van der Waals surface area contributed by atoms with Crippen LogP contribution in [0.25, 0.3) is 0 Å². The molecule has 6 heteroatoms. The van der Waals surface area contributed by atoms with Crippen LogP contribution in [0, 0.1) is 0 Å². The van der Waals surface area contributed by atoms with E-state index in [1.165, 1.54) is 6.26 Å². The van der Waals surface area contributed by atoms with Gasteiger partial charge in [0.1, 0.15) is 6.26 Å². The maximum Gasteiger partial charge on any atom is 0.320 e. The highest BCUT2D eigenvalue weighted by Crippen LogP contribution is 1.99. The summed E-state index contributed by atoms with van der Waals surface area (Å²) in [6.45, 7) is 7.63. The van der Waals surface area contributed by atoms with E-state index in [9.17, 15) is 4.79 Å². The highest BCUT2D eigenvalue weighted by Gasteiger charge is 2.04. The minimum atomic E-state index is -0.263. The van der Waals surface area contributed by atoms with Gasteiger partial charge in [0, 0.05) is 19.2 Å². The van der Waals surface area contributed by atoms with Crippen LogP contribution in [0.5, 0.6) is 0 Å². The van der Waals surface area contributed by atoms with Gasteiger partial charge in [0.2, 0.25) is 0 Å². The zero-order valence-electron chi connectivity index (χ0n) is 9.69. The molecule has 0 unspecified atom stereocenters. The van der Waals surface area contributed by atoms with Gasteiger partial charge in [0.15, 0.2) is 5.82 Å². The zero-order valence-corrected chi connectivity index (χ0v) is 9.69. The summed E-state index contributed by atoms with van der Waals surface area (Å²) >= 11 is 0. The molecule has 0 spiro atoms. The second-order valence-corrected chi connectivity index (χ2v) is 3.29. The summed E-state index contributed by atoms with van der Waals surface area (Å²) in [5.74, 6) is 0.417. The van der Waals surface area contributed by atoms with E-state index in [2.05, 4.69) is 39.1 Å². The first kappa shape index (κ1) is 12.5. The van der Waals surface area contributed by atoms with Crippen molar-refractivity contribution >= 4 is 11.8 Å². The molecule has 1 rings (SSSR count). The van der Waals surface area contributed by atoms with E-state index in [0.29, 0.717) is 12.4 Å². The van der Waals surface area contributed by atoms with Gasteiger partial charge >= 0.3 is 6.03 Å². The molecule has 90 valence electrons. The van der Waals surface area contributed by atoms with Crippen molar-refractivity contribution in [3.05, 3.63) is 12.3 Å². The molecule has 1 aromatic heterocycles. The predicted molar refractivity (Wildman–Crippen MR) is 61.3 cm³/mol. The lowest BCUT2D eigenvalue weighted by molar-refractivity contribution is 0.247. The number of carbonyl (C=O) groups excluding carboxylic acids is 1. The fourth-order valence-electron chi connectivity index (χ4n) is 1.30. The standard InChI is InChI=1S/C10H18N4O2/c1-3-14(4-2)7-6-11-10(15)12-9-5-8-16-13-9/h5,8H,3-4,6-7H2,1-2H3,(H2,11,12,13,15). The number of hydrogen-bond donors (Lipinski definition) is 2. The fraction of sp³-hybridized carbons (Fsp3) is 0.600. The molecule has 0 aliphatic rings. The number of carbonyl (C=O) groups is 1. The number of likely N-dealkylation sites (N-methyl/N-ethyl adjacent to an activating group) is 1. The van der Waals surface area contributed by atoms with Crippen molar-refractivity contribution in [3.8, 4) is 0 Å². The largest absolute Gasteiger partial charge is 0.363 e.